The Morgan fingerprint density at radius 3 is 2.86 bits per heavy atom. The fourth-order valence-electron chi connectivity index (χ4n) is 2.14. The molecular weight excluding hydrogens is 290 g/mol. The van der Waals surface area contributed by atoms with Crippen molar-refractivity contribution in [3.05, 3.63) is 41.4 Å². The molecule has 5 heteroatoms. The largest absolute Gasteiger partial charge is 0.452 e. The summed E-state index contributed by atoms with van der Waals surface area (Å²) in [6.45, 7) is 1.57. The summed E-state index contributed by atoms with van der Waals surface area (Å²) in [5.41, 5.74) is 0.580. The van der Waals surface area contributed by atoms with Crippen molar-refractivity contribution in [2.75, 3.05) is 5.32 Å². The minimum Gasteiger partial charge on any atom is -0.452 e. The Balaban J connectivity index is 1.87. The highest BCUT2D eigenvalue weighted by atomic mass is 35.5. The highest BCUT2D eigenvalue weighted by Crippen LogP contribution is 2.20. The smallest absolute Gasteiger partial charge is 0.310 e. The number of anilines is 1. The van der Waals surface area contributed by atoms with Gasteiger partial charge in [0.1, 0.15) is 0 Å². The third-order valence-corrected chi connectivity index (χ3v) is 3.59. The highest BCUT2D eigenvalue weighted by molar-refractivity contribution is 6.30. The monoisotopic (exact) mass is 307 g/mol. The normalized spacial score (nSPS) is 18.9. The van der Waals surface area contributed by atoms with Crippen LogP contribution >= 0.6 is 11.6 Å². The van der Waals surface area contributed by atoms with Gasteiger partial charge in [0.15, 0.2) is 6.10 Å². The van der Waals surface area contributed by atoms with E-state index in [0.29, 0.717) is 17.1 Å². The molecule has 2 atom stereocenters. The predicted molar refractivity (Wildman–Crippen MR) is 82.1 cm³/mol. The molecule has 0 unspecified atom stereocenters. The molecule has 0 radical (unpaired) electrons. The van der Waals surface area contributed by atoms with Crippen LogP contribution in [0.4, 0.5) is 5.69 Å². The summed E-state index contributed by atoms with van der Waals surface area (Å²) >= 11 is 5.85. The van der Waals surface area contributed by atoms with Crippen molar-refractivity contribution < 1.29 is 14.3 Å². The second-order valence-electron chi connectivity index (χ2n) is 5.06. The second-order valence-corrected chi connectivity index (χ2v) is 5.50. The molecule has 1 aromatic carbocycles. The summed E-state index contributed by atoms with van der Waals surface area (Å²) in [6, 6.07) is 6.82. The van der Waals surface area contributed by atoms with Gasteiger partial charge in [0.05, 0.1) is 5.92 Å². The van der Waals surface area contributed by atoms with Crippen molar-refractivity contribution in [1.29, 1.82) is 0 Å². The number of carbonyl (C=O) groups excluding carboxylic acids is 2. The molecule has 4 nitrogen and oxygen atoms in total. The van der Waals surface area contributed by atoms with Crippen molar-refractivity contribution in [2.24, 2.45) is 5.92 Å². The van der Waals surface area contributed by atoms with Crippen LogP contribution in [-0.4, -0.2) is 18.0 Å². The molecule has 112 valence electrons. The van der Waals surface area contributed by atoms with Gasteiger partial charge in [-0.1, -0.05) is 29.8 Å². The van der Waals surface area contributed by atoms with Gasteiger partial charge in [-0.2, -0.15) is 0 Å². The number of rotatable bonds is 4. The first-order valence-electron chi connectivity index (χ1n) is 6.98. The number of hydrogen-bond donors (Lipinski definition) is 1. The van der Waals surface area contributed by atoms with Gasteiger partial charge in [-0.15, -0.1) is 0 Å². The molecule has 1 aromatic rings. The quantitative estimate of drug-likeness (QED) is 0.683. The van der Waals surface area contributed by atoms with E-state index in [2.05, 4.69) is 11.4 Å². The third-order valence-electron chi connectivity index (χ3n) is 3.36. The zero-order valence-corrected chi connectivity index (χ0v) is 12.6. The zero-order valence-electron chi connectivity index (χ0n) is 11.8. The topological polar surface area (TPSA) is 55.4 Å². The van der Waals surface area contributed by atoms with E-state index in [1.54, 1.807) is 31.2 Å². The number of allylic oxidation sites excluding steroid dienone is 2. The summed E-state index contributed by atoms with van der Waals surface area (Å²) in [5, 5.41) is 3.21. The predicted octanol–water partition coefficient (Wildman–Crippen LogP) is 3.57. The molecule has 1 N–H and O–H groups in total. The van der Waals surface area contributed by atoms with Crippen LogP contribution in [0.15, 0.2) is 36.4 Å². The lowest BCUT2D eigenvalue weighted by atomic mass is 9.95. The Bertz CT molecular complexity index is 556. The van der Waals surface area contributed by atoms with Crippen molar-refractivity contribution in [2.45, 2.75) is 32.3 Å². The minimum atomic E-state index is -0.831. The van der Waals surface area contributed by atoms with Crippen LogP contribution in [0, 0.1) is 5.92 Å². The maximum absolute atomic E-state index is 12.0. The number of carbonyl (C=O) groups is 2. The molecule has 0 saturated carbocycles. The number of hydrogen-bond acceptors (Lipinski definition) is 3. The summed E-state index contributed by atoms with van der Waals surface area (Å²) in [6.07, 6.45) is 5.54. The van der Waals surface area contributed by atoms with Gasteiger partial charge in [0.25, 0.3) is 5.91 Å². The molecule has 0 heterocycles. The minimum absolute atomic E-state index is 0.142. The summed E-state index contributed by atoms with van der Waals surface area (Å²) in [7, 11) is 0. The first-order chi connectivity index (χ1) is 10.1. The molecule has 21 heavy (non-hydrogen) atoms. The lowest BCUT2D eigenvalue weighted by molar-refractivity contribution is -0.157. The zero-order chi connectivity index (χ0) is 15.2. The Kier molecular flexibility index (Phi) is 5.39. The van der Waals surface area contributed by atoms with Crippen LogP contribution in [-0.2, 0) is 14.3 Å². The number of ether oxygens (including phenoxy) is 1. The molecule has 1 aliphatic rings. The van der Waals surface area contributed by atoms with Crippen LogP contribution < -0.4 is 5.32 Å². The third kappa shape index (κ3) is 4.60. The molecule has 2 rings (SSSR count). The van der Waals surface area contributed by atoms with Crippen molar-refractivity contribution in [1.82, 2.24) is 0 Å². The van der Waals surface area contributed by atoms with Crippen LogP contribution in [0.3, 0.4) is 0 Å². The molecule has 0 aromatic heterocycles. The van der Waals surface area contributed by atoms with Crippen LogP contribution in [0.5, 0.6) is 0 Å². The van der Waals surface area contributed by atoms with E-state index < -0.39 is 6.10 Å². The Hall–Kier alpha value is -1.81. The molecule has 0 saturated heterocycles. The van der Waals surface area contributed by atoms with Crippen molar-refractivity contribution >= 4 is 29.2 Å². The van der Waals surface area contributed by atoms with Gasteiger partial charge in [0, 0.05) is 10.7 Å². The molecule has 0 spiro atoms. The fraction of sp³-hybridized carbons (Fsp3) is 0.375. The SMILES string of the molecule is C[C@H](OC(=O)[C@H]1CC=CCC1)C(=O)Nc1cccc(Cl)c1. The summed E-state index contributed by atoms with van der Waals surface area (Å²) in [4.78, 5) is 24.0. The number of halogens is 1. The van der Waals surface area contributed by atoms with Crippen LogP contribution in [0.2, 0.25) is 5.02 Å². The van der Waals surface area contributed by atoms with E-state index in [1.807, 2.05) is 6.08 Å². The molecule has 0 bridgehead atoms. The van der Waals surface area contributed by atoms with E-state index in [1.165, 1.54) is 0 Å². The lowest BCUT2D eigenvalue weighted by Crippen LogP contribution is -2.32. The first-order valence-corrected chi connectivity index (χ1v) is 7.36. The number of benzene rings is 1. The van der Waals surface area contributed by atoms with E-state index in [-0.39, 0.29) is 17.8 Å². The maximum atomic E-state index is 12.0. The van der Waals surface area contributed by atoms with Gasteiger partial charge in [0.2, 0.25) is 0 Å². The van der Waals surface area contributed by atoms with Gasteiger partial charge < -0.3 is 10.1 Å². The summed E-state index contributed by atoms with van der Waals surface area (Å²) in [5.74, 6) is -0.818. The summed E-state index contributed by atoms with van der Waals surface area (Å²) < 4.78 is 5.24. The standard InChI is InChI=1S/C16H18ClNO3/c1-11(21-16(20)12-6-3-2-4-7-12)15(19)18-14-9-5-8-13(17)10-14/h2-3,5,8-12H,4,6-7H2,1H3,(H,18,19)/t11-,12-/m0/s1. The highest BCUT2D eigenvalue weighted by Gasteiger charge is 2.25. The van der Waals surface area contributed by atoms with E-state index in [9.17, 15) is 9.59 Å². The van der Waals surface area contributed by atoms with Gasteiger partial charge in [-0.25, -0.2) is 0 Å². The van der Waals surface area contributed by atoms with E-state index in [0.717, 1.165) is 12.8 Å². The van der Waals surface area contributed by atoms with Gasteiger partial charge in [-0.3, -0.25) is 9.59 Å². The lowest BCUT2D eigenvalue weighted by Gasteiger charge is -2.19. The van der Waals surface area contributed by atoms with Gasteiger partial charge >= 0.3 is 5.97 Å². The molecule has 0 aliphatic heterocycles. The molecule has 1 aliphatic carbocycles. The Morgan fingerprint density at radius 2 is 2.19 bits per heavy atom. The van der Waals surface area contributed by atoms with Crippen LogP contribution in [0.25, 0.3) is 0 Å². The Morgan fingerprint density at radius 1 is 1.38 bits per heavy atom. The average Bonchev–Trinajstić information content (AvgIpc) is 2.48. The fourth-order valence-corrected chi connectivity index (χ4v) is 2.33. The number of nitrogens with one attached hydrogen (secondary N) is 1. The first kappa shape index (κ1) is 15.6. The van der Waals surface area contributed by atoms with Crippen molar-refractivity contribution in [3.8, 4) is 0 Å². The number of amides is 1. The van der Waals surface area contributed by atoms with Crippen molar-refractivity contribution in [3.63, 3.8) is 0 Å². The maximum Gasteiger partial charge on any atom is 0.310 e. The molecule has 0 fully saturated rings. The average molecular weight is 308 g/mol. The second kappa shape index (κ2) is 7.27. The van der Waals surface area contributed by atoms with Crippen LogP contribution in [0.1, 0.15) is 26.2 Å². The molecular formula is C16H18ClNO3. The Labute approximate surface area is 129 Å². The van der Waals surface area contributed by atoms with E-state index >= 15 is 0 Å². The number of esters is 1. The van der Waals surface area contributed by atoms with Gasteiger partial charge in [-0.05, 0) is 44.4 Å². The van der Waals surface area contributed by atoms with E-state index in [4.69, 9.17) is 16.3 Å². The molecule has 1 amide bonds.